The average molecular weight is 611 g/mol. The molecule has 0 unspecified atom stereocenters. The first kappa shape index (κ1) is 26.6. The molecular formula is C48H34. The van der Waals surface area contributed by atoms with Crippen molar-refractivity contribution >= 4 is 53.9 Å². The number of fused-ring (bicyclic) bond motifs is 7. The highest BCUT2D eigenvalue weighted by atomic mass is 14.5. The molecular weight excluding hydrogens is 577 g/mol. The summed E-state index contributed by atoms with van der Waals surface area (Å²) in [6.07, 6.45) is 6.32. The van der Waals surface area contributed by atoms with Crippen molar-refractivity contribution < 1.29 is 0 Å². The highest BCUT2D eigenvalue weighted by molar-refractivity contribution is 6.25. The fourth-order valence-electron chi connectivity index (χ4n) is 9.82. The van der Waals surface area contributed by atoms with Crippen LogP contribution in [0, 0.1) is 0 Å². The highest BCUT2D eigenvalue weighted by Crippen LogP contribution is 2.57. The Morgan fingerprint density at radius 2 is 0.896 bits per heavy atom. The van der Waals surface area contributed by atoms with E-state index < -0.39 is 0 Å². The Morgan fingerprint density at radius 3 is 1.60 bits per heavy atom. The number of benzene rings is 9. The molecule has 1 fully saturated rings. The van der Waals surface area contributed by atoms with Gasteiger partial charge in [-0.05, 0) is 129 Å². The van der Waals surface area contributed by atoms with Gasteiger partial charge in [0.15, 0.2) is 0 Å². The molecule has 226 valence electrons. The second-order valence-corrected chi connectivity index (χ2v) is 14.3. The quantitative estimate of drug-likeness (QED) is 0.135. The van der Waals surface area contributed by atoms with E-state index in [0.717, 1.165) is 0 Å². The molecule has 0 N–H and O–H groups in total. The summed E-state index contributed by atoms with van der Waals surface area (Å²) in [5.41, 5.74) is 11.4. The van der Waals surface area contributed by atoms with Crippen LogP contribution in [-0.4, -0.2) is 0 Å². The number of hydrogen-bond acceptors (Lipinski definition) is 0. The van der Waals surface area contributed by atoms with Gasteiger partial charge in [0.25, 0.3) is 0 Å². The summed E-state index contributed by atoms with van der Waals surface area (Å²) in [5.74, 6) is 0. The SMILES string of the molecule is c1ccc2c(-c3ccc4c(c3)C3(CCCCC3)c3cc(-c5ccc6ccc7cccc8ccc5c6c78)ccc3-4)c3ccccc3cc2c1. The average Bonchev–Trinajstić information content (AvgIpc) is 3.40. The van der Waals surface area contributed by atoms with Crippen LogP contribution in [0.3, 0.4) is 0 Å². The maximum Gasteiger partial charge on any atom is 0.0215 e. The zero-order valence-electron chi connectivity index (χ0n) is 26.9. The van der Waals surface area contributed by atoms with E-state index in [2.05, 4.69) is 146 Å². The fourth-order valence-corrected chi connectivity index (χ4v) is 9.82. The molecule has 0 saturated heterocycles. The minimum absolute atomic E-state index is 0.0547. The summed E-state index contributed by atoms with van der Waals surface area (Å²) in [7, 11) is 0. The summed E-state index contributed by atoms with van der Waals surface area (Å²) in [6.45, 7) is 0. The van der Waals surface area contributed by atoms with Gasteiger partial charge in [-0.2, -0.15) is 0 Å². The number of hydrogen-bond donors (Lipinski definition) is 0. The van der Waals surface area contributed by atoms with Crippen LogP contribution < -0.4 is 0 Å². The van der Waals surface area contributed by atoms with E-state index in [1.165, 1.54) is 119 Å². The zero-order chi connectivity index (χ0) is 31.4. The van der Waals surface area contributed by atoms with Crippen LogP contribution in [0.2, 0.25) is 0 Å². The maximum atomic E-state index is 2.59. The van der Waals surface area contributed by atoms with E-state index in [0.29, 0.717) is 0 Å². The lowest BCUT2D eigenvalue weighted by Gasteiger charge is -2.36. The lowest BCUT2D eigenvalue weighted by molar-refractivity contribution is 0.353. The first-order valence-corrected chi connectivity index (χ1v) is 17.6. The van der Waals surface area contributed by atoms with Crippen molar-refractivity contribution in [2.24, 2.45) is 0 Å². The second-order valence-electron chi connectivity index (χ2n) is 14.3. The van der Waals surface area contributed by atoms with Crippen molar-refractivity contribution in [2.75, 3.05) is 0 Å². The molecule has 48 heavy (non-hydrogen) atoms. The minimum Gasteiger partial charge on any atom is -0.0616 e. The van der Waals surface area contributed by atoms with Gasteiger partial charge in [-0.1, -0.05) is 147 Å². The topological polar surface area (TPSA) is 0 Å². The molecule has 0 radical (unpaired) electrons. The monoisotopic (exact) mass is 610 g/mol. The standard InChI is InChI=1S/C48H34/c1-6-25-48(26-7-1)43-28-35(37-21-17-32-16-15-30-11-8-12-31-18-24-42(37)47(32)45(30)31)19-22-40(43)41-23-20-36(29-44(41)48)46-38-13-4-2-9-33(38)27-34-10-3-5-14-39(34)46/h2-5,8-24,27-29H,1,6-7,25-26H2. The van der Waals surface area contributed by atoms with Crippen molar-refractivity contribution in [2.45, 2.75) is 37.5 Å². The molecule has 0 atom stereocenters. The van der Waals surface area contributed by atoms with Crippen LogP contribution in [0.15, 0.2) is 146 Å². The largest absolute Gasteiger partial charge is 0.0616 e. The Balaban J connectivity index is 1.13. The van der Waals surface area contributed by atoms with Gasteiger partial charge in [0.05, 0.1) is 0 Å². The molecule has 2 aliphatic rings. The van der Waals surface area contributed by atoms with Crippen molar-refractivity contribution in [3.63, 3.8) is 0 Å². The summed E-state index contributed by atoms with van der Waals surface area (Å²) >= 11 is 0. The molecule has 0 aromatic heterocycles. The lowest BCUT2D eigenvalue weighted by atomic mass is 9.67. The van der Waals surface area contributed by atoms with E-state index in [1.54, 1.807) is 11.1 Å². The van der Waals surface area contributed by atoms with Crippen LogP contribution in [0.4, 0.5) is 0 Å². The molecule has 2 aliphatic carbocycles. The molecule has 1 saturated carbocycles. The van der Waals surface area contributed by atoms with Crippen LogP contribution in [0.25, 0.3) is 87.2 Å². The fraction of sp³-hybridized carbons (Fsp3) is 0.125. The van der Waals surface area contributed by atoms with E-state index in [-0.39, 0.29) is 5.41 Å². The molecule has 9 aromatic carbocycles. The van der Waals surface area contributed by atoms with Crippen molar-refractivity contribution in [3.8, 4) is 33.4 Å². The van der Waals surface area contributed by atoms with Crippen molar-refractivity contribution in [3.05, 3.63) is 157 Å². The second kappa shape index (κ2) is 9.78. The van der Waals surface area contributed by atoms with E-state index in [1.807, 2.05) is 0 Å². The number of rotatable bonds is 2. The minimum atomic E-state index is 0.0547. The molecule has 0 heterocycles. The van der Waals surface area contributed by atoms with Gasteiger partial charge >= 0.3 is 0 Å². The predicted molar refractivity (Wildman–Crippen MR) is 205 cm³/mol. The summed E-state index contributed by atoms with van der Waals surface area (Å²) in [6, 6.07) is 55.7. The third-order valence-electron chi connectivity index (χ3n) is 12.0. The predicted octanol–water partition coefficient (Wildman–Crippen LogP) is 13.5. The Hall–Kier alpha value is -5.46. The molecule has 0 bridgehead atoms. The van der Waals surface area contributed by atoms with Gasteiger partial charge in [0.1, 0.15) is 0 Å². The third-order valence-corrected chi connectivity index (χ3v) is 12.0. The van der Waals surface area contributed by atoms with Crippen molar-refractivity contribution in [1.82, 2.24) is 0 Å². The van der Waals surface area contributed by atoms with Gasteiger partial charge in [0.2, 0.25) is 0 Å². The van der Waals surface area contributed by atoms with Crippen LogP contribution in [-0.2, 0) is 5.41 Å². The Kier molecular flexibility index (Phi) is 5.42. The van der Waals surface area contributed by atoms with E-state index in [9.17, 15) is 0 Å². The lowest BCUT2D eigenvalue weighted by Crippen LogP contribution is -2.28. The van der Waals surface area contributed by atoms with Crippen LogP contribution >= 0.6 is 0 Å². The third kappa shape index (κ3) is 3.55. The maximum absolute atomic E-state index is 2.59. The Labute approximate surface area is 280 Å². The Morgan fingerprint density at radius 1 is 0.354 bits per heavy atom. The zero-order valence-corrected chi connectivity index (χ0v) is 26.9. The molecule has 0 aliphatic heterocycles. The van der Waals surface area contributed by atoms with E-state index >= 15 is 0 Å². The smallest absolute Gasteiger partial charge is 0.0215 e. The van der Waals surface area contributed by atoms with Gasteiger partial charge < -0.3 is 0 Å². The first-order valence-electron chi connectivity index (χ1n) is 17.6. The van der Waals surface area contributed by atoms with Crippen LogP contribution in [0.5, 0.6) is 0 Å². The van der Waals surface area contributed by atoms with Gasteiger partial charge in [0, 0.05) is 5.41 Å². The van der Waals surface area contributed by atoms with Gasteiger partial charge in [-0.25, -0.2) is 0 Å². The molecule has 0 nitrogen and oxygen atoms in total. The summed E-state index contributed by atoms with van der Waals surface area (Å²) in [5, 5.41) is 13.4. The molecule has 9 aromatic rings. The van der Waals surface area contributed by atoms with Gasteiger partial charge in [-0.15, -0.1) is 0 Å². The summed E-state index contributed by atoms with van der Waals surface area (Å²) < 4.78 is 0. The van der Waals surface area contributed by atoms with E-state index in [4.69, 9.17) is 0 Å². The first-order chi connectivity index (χ1) is 23.8. The van der Waals surface area contributed by atoms with Crippen LogP contribution in [0.1, 0.15) is 43.2 Å². The molecule has 1 spiro atoms. The van der Waals surface area contributed by atoms with Crippen molar-refractivity contribution in [1.29, 1.82) is 0 Å². The molecule has 11 rings (SSSR count). The highest BCUT2D eigenvalue weighted by Gasteiger charge is 2.44. The summed E-state index contributed by atoms with van der Waals surface area (Å²) in [4.78, 5) is 0. The van der Waals surface area contributed by atoms with Gasteiger partial charge in [-0.3, -0.25) is 0 Å². The molecule has 0 amide bonds. The molecule has 0 heteroatoms. The normalized spacial score (nSPS) is 15.2. The Bertz CT molecular complexity index is 2680.